The first-order valence-corrected chi connectivity index (χ1v) is 6.55. The lowest BCUT2D eigenvalue weighted by atomic mass is 10.1. The molecule has 19 heavy (non-hydrogen) atoms. The normalized spacial score (nSPS) is 11.9. The molecule has 5 nitrogen and oxygen atoms in total. The van der Waals surface area contributed by atoms with Crippen molar-refractivity contribution in [2.24, 2.45) is 10.9 Å². The summed E-state index contributed by atoms with van der Waals surface area (Å²) in [5.74, 6) is 0.0627. The van der Waals surface area contributed by atoms with Gasteiger partial charge in [-0.1, -0.05) is 21.1 Å². The molecular weight excluding hydrogens is 308 g/mol. The maximum atomic E-state index is 8.88. The molecule has 0 spiro atoms. The second-order valence-corrected chi connectivity index (χ2v) is 5.27. The van der Waals surface area contributed by atoms with Gasteiger partial charge >= 0.3 is 0 Å². The lowest BCUT2D eigenvalue weighted by Crippen LogP contribution is -2.17. The lowest BCUT2D eigenvalue weighted by Gasteiger charge is -2.11. The number of aromatic nitrogens is 2. The second-order valence-electron chi connectivity index (χ2n) is 4.35. The van der Waals surface area contributed by atoms with E-state index in [0.717, 1.165) is 27.1 Å². The Labute approximate surface area is 119 Å². The average molecular weight is 323 g/mol. The van der Waals surface area contributed by atoms with Crippen LogP contribution >= 0.6 is 15.9 Å². The third-order valence-corrected chi connectivity index (χ3v) is 3.72. The smallest absolute Gasteiger partial charge is 0.172 e. The summed E-state index contributed by atoms with van der Waals surface area (Å²) in [6.07, 6.45) is 0. The van der Waals surface area contributed by atoms with Gasteiger partial charge in [0.25, 0.3) is 0 Å². The molecule has 2 aromatic rings. The number of nitrogens with two attached hydrogens (primary N) is 1. The third-order valence-electron chi connectivity index (χ3n) is 3.22. The Hall–Kier alpha value is -1.82. The van der Waals surface area contributed by atoms with Crippen LogP contribution in [0.25, 0.3) is 5.69 Å². The van der Waals surface area contributed by atoms with E-state index in [2.05, 4.69) is 26.2 Å². The number of nitrogens with zero attached hydrogens (tertiary/aromatic N) is 3. The van der Waals surface area contributed by atoms with E-state index in [9.17, 15) is 0 Å². The summed E-state index contributed by atoms with van der Waals surface area (Å²) in [5.41, 5.74) is 10.3. The zero-order valence-electron chi connectivity index (χ0n) is 11.0. The summed E-state index contributed by atoms with van der Waals surface area (Å²) < 4.78 is 2.71. The first-order chi connectivity index (χ1) is 8.95. The van der Waals surface area contributed by atoms with E-state index < -0.39 is 0 Å². The highest BCUT2D eigenvalue weighted by molar-refractivity contribution is 9.10. The number of amidine groups is 1. The molecule has 1 heterocycles. The van der Waals surface area contributed by atoms with Gasteiger partial charge in [-0.3, -0.25) is 0 Å². The van der Waals surface area contributed by atoms with Crippen LogP contribution in [-0.2, 0) is 0 Å². The molecule has 0 fully saturated rings. The number of aryl methyl sites for hydroxylation is 1. The van der Waals surface area contributed by atoms with Crippen molar-refractivity contribution < 1.29 is 5.21 Å². The Bertz CT molecular complexity index is 661. The minimum absolute atomic E-state index is 0.0627. The number of benzene rings is 1. The minimum atomic E-state index is 0.0627. The highest BCUT2D eigenvalue weighted by atomic mass is 79.9. The molecule has 1 aromatic heterocycles. The molecule has 0 aliphatic carbocycles. The molecule has 0 atom stereocenters. The van der Waals surface area contributed by atoms with Crippen LogP contribution in [0.4, 0.5) is 0 Å². The van der Waals surface area contributed by atoms with Crippen molar-refractivity contribution in [3.05, 3.63) is 45.2 Å². The van der Waals surface area contributed by atoms with E-state index in [4.69, 9.17) is 10.9 Å². The largest absolute Gasteiger partial charge is 0.409 e. The Morgan fingerprint density at radius 2 is 2.05 bits per heavy atom. The minimum Gasteiger partial charge on any atom is -0.409 e. The van der Waals surface area contributed by atoms with E-state index in [-0.39, 0.29) is 5.84 Å². The summed E-state index contributed by atoms with van der Waals surface area (Å²) in [6.45, 7) is 5.97. The molecule has 1 aromatic carbocycles. The van der Waals surface area contributed by atoms with Crippen molar-refractivity contribution in [1.82, 2.24) is 9.78 Å². The van der Waals surface area contributed by atoms with Gasteiger partial charge in [0.2, 0.25) is 0 Å². The monoisotopic (exact) mass is 322 g/mol. The summed E-state index contributed by atoms with van der Waals surface area (Å²) >= 11 is 3.43. The third kappa shape index (κ3) is 2.35. The quantitative estimate of drug-likeness (QED) is 0.386. The van der Waals surface area contributed by atoms with E-state index >= 15 is 0 Å². The van der Waals surface area contributed by atoms with Crippen molar-refractivity contribution in [2.45, 2.75) is 20.8 Å². The molecule has 0 amide bonds. The summed E-state index contributed by atoms with van der Waals surface area (Å²) in [7, 11) is 0. The van der Waals surface area contributed by atoms with Crippen LogP contribution in [0.15, 0.2) is 27.8 Å². The number of rotatable bonds is 2. The predicted octanol–water partition coefficient (Wildman–Crippen LogP) is 2.65. The highest BCUT2D eigenvalue weighted by Crippen LogP contribution is 2.23. The van der Waals surface area contributed by atoms with Crippen LogP contribution in [0.3, 0.4) is 0 Å². The fraction of sp³-hybridized carbons (Fsp3) is 0.231. The Morgan fingerprint density at radius 3 is 2.58 bits per heavy atom. The summed E-state index contributed by atoms with van der Waals surface area (Å²) in [4.78, 5) is 0. The highest BCUT2D eigenvalue weighted by Gasteiger charge is 2.15. The van der Waals surface area contributed by atoms with E-state index in [1.807, 2.05) is 37.6 Å². The molecule has 3 N–H and O–H groups in total. The molecule has 0 unspecified atom stereocenters. The van der Waals surface area contributed by atoms with Gasteiger partial charge < -0.3 is 10.9 Å². The van der Waals surface area contributed by atoms with Gasteiger partial charge in [-0.2, -0.15) is 5.10 Å². The Kier molecular flexibility index (Phi) is 3.61. The molecule has 0 saturated heterocycles. The van der Waals surface area contributed by atoms with E-state index in [0.29, 0.717) is 5.56 Å². The van der Waals surface area contributed by atoms with Gasteiger partial charge in [0.15, 0.2) is 5.84 Å². The molecule has 2 rings (SSSR count). The van der Waals surface area contributed by atoms with E-state index in [1.165, 1.54) is 0 Å². The van der Waals surface area contributed by atoms with Gasteiger partial charge in [0.1, 0.15) is 0 Å². The number of halogens is 1. The summed E-state index contributed by atoms with van der Waals surface area (Å²) in [6, 6.07) is 5.53. The molecule has 0 saturated carbocycles. The second kappa shape index (κ2) is 5.05. The van der Waals surface area contributed by atoms with Gasteiger partial charge in [-0.15, -0.1) is 0 Å². The number of hydrogen-bond acceptors (Lipinski definition) is 3. The predicted molar refractivity (Wildman–Crippen MR) is 78.0 cm³/mol. The van der Waals surface area contributed by atoms with Gasteiger partial charge in [-0.05, 0) is 44.5 Å². The van der Waals surface area contributed by atoms with Crippen LogP contribution in [0.5, 0.6) is 0 Å². The van der Waals surface area contributed by atoms with E-state index in [1.54, 1.807) is 6.07 Å². The first-order valence-electron chi connectivity index (χ1n) is 5.76. The molecule has 100 valence electrons. The van der Waals surface area contributed by atoms with Gasteiger partial charge in [0, 0.05) is 15.7 Å². The fourth-order valence-electron chi connectivity index (χ4n) is 1.91. The van der Waals surface area contributed by atoms with Crippen molar-refractivity contribution in [2.75, 3.05) is 0 Å². The lowest BCUT2D eigenvalue weighted by molar-refractivity contribution is 0.318. The van der Waals surface area contributed by atoms with Crippen molar-refractivity contribution in [3.8, 4) is 5.69 Å². The molecule has 0 radical (unpaired) electrons. The standard InChI is InChI=1S/C13H15BrN4O/c1-7-8(2)16-18(9(7)3)12-6-10(14)4-5-11(12)13(15)17-19/h4-6,19H,1-3H3,(H2,15,17). The van der Waals surface area contributed by atoms with Crippen LogP contribution in [0.1, 0.15) is 22.5 Å². The number of hydrogen-bond donors (Lipinski definition) is 2. The topological polar surface area (TPSA) is 76.4 Å². The van der Waals surface area contributed by atoms with Crippen molar-refractivity contribution in [3.63, 3.8) is 0 Å². The van der Waals surface area contributed by atoms with Gasteiger partial charge in [-0.25, -0.2) is 4.68 Å². The fourth-order valence-corrected chi connectivity index (χ4v) is 2.25. The van der Waals surface area contributed by atoms with Crippen LogP contribution in [0, 0.1) is 20.8 Å². The van der Waals surface area contributed by atoms with Crippen LogP contribution in [0.2, 0.25) is 0 Å². The first kappa shape index (κ1) is 13.6. The number of oxime groups is 1. The zero-order valence-corrected chi connectivity index (χ0v) is 12.6. The SMILES string of the molecule is Cc1nn(-c2cc(Br)ccc2/C(N)=N/O)c(C)c1C. The molecule has 0 bridgehead atoms. The Balaban J connectivity index is 2.73. The maximum absolute atomic E-state index is 8.88. The zero-order chi connectivity index (χ0) is 14.2. The Morgan fingerprint density at radius 1 is 1.37 bits per heavy atom. The van der Waals surface area contributed by atoms with Gasteiger partial charge in [0.05, 0.1) is 11.4 Å². The average Bonchev–Trinajstić information content (AvgIpc) is 2.65. The van der Waals surface area contributed by atoms with Crippen molar-refractivity contribution in [1.29, 1.82) is 0 Å². The van der Waals surface area contributed by atoms with Crippen molar-refractivity contribution >= 4 is 21.8 Å². The molecule has 6 heteroatoms. The molecule has 0 aliphatic rings. The maximum Gasteiger partial charge on any atom is 0.172 e. The van der Waals surface area contributed by atoms with Crippen LogP contribution in [-0.4, -0.2) is 20.8 Å². The van der Waals surface area contributed by atoms with Crippen LogP contribution < -0.4 is 5.73 Å². The summed E-state index contributed by atoms with van der Waals surface area (Å²) in [5, 5.41) is 16.5. The molecular formula is C13H15BrN4O. The molecule has 0 aliphatic heterocycles.